The van der Waals surface area contributed by atoms with Gasteiger partial charge in [0.05, 0.1) is 4.92 Å². The lowest BCUT2D eigenvalue weighted by molar-refractivity contribution is -0.385. The average molecular weight is 208 g/mol. The lowest BCUT2D eigenvalue weighted by atomic mass is 9.93. The molecule has 0 aliphatic heterocycles. The van der Waals surface area contributed by atoms with Crippen molar-refractivity contribution in [3.05, 3.63) is 39.4 Å². The molecule has 0 radical (unpaired) electrons. The summed E-state index contributed by atoms with van der Waals surface area (Å²) in [6.45, 7) is 5.70. The van der Waals surface area contributed by atoms with E-state index in [1.54, 1.807) is 19.1 Å². The molecule has 0 saturated heterocycles. The van der Waals surface area contributed by atoms with E-state index >= 15 is 0 Å². The van der Waals surface area contributed by atoms with Crippen LogP contribution in [0.25, 0.3) is 0 Å². The fourth-order valence-electron chi connectivity index (χ4n) is 1.47. The molecule has 0 saturated carbocycles. The van der Waals surface area contributed by atoms with Gasteiger partial charge in [0.25, 0.3) is 5.69 Å². The Morgan fingerprint density at radius 3 is 2.40 bits per heavy atom. The fraction of sp³-hybridized carbons (Fsp3) is 0.455. The highest BCUT2D eigenvalue weighted by Gasteiger charge is 2.15. The van der Waals surface area contributed by atoms with Crippen molar-refractivity contribution >= 4 is 5.69 Å². The number of nitro groups is 1. The smallest absolute Gasteiger partial charge is 0.272 e. The van der Waals surface area contributed by atoms with Crippen molar-refractivity contribution in [2.45, 2.75) is 32.7 Å². The second-order valence-electron chi connectivity index (χ2n) is 3.95. The number of hydrogen-bond donors (Lipinski definition) is 1. The molecule has 15 heavy (non-hydrogen) atoms. The van der Waals surface area contributed by atoms with Crippen molar-refractivity contribution in [1.82, 2.24) is 0 Å². The largest absolute Gasteiger partial charge is 0.327 e. The maximum absolute atomic E-state index is 10.6. The maximum Gasteiger partial charge on any atom is 0.272 e. The molecule has 2 unspecified atom stereocenters. The standard InChI is InChI=1S/C11H16N2O2/c1-7-6-10(8(2)9(3)12)4-5-11(7)13(14)15/h4-6,8-9H,12H2,1-3H3. The van der Waals surface area contributed by atoms with Crippen LogP contribution in [0.4, 0.5) is 5.69 Å². The normalized spacial score (nSPS) is 14.7. The van der Waals surface area contributed by atoms with Gasteiger partial charge < -0.3 is 5.73 Å². The molecule has 0 aliphatic carbocycles. The quantitative estimate of drug-likeness (QED) is 0.612. The Hall–Kier alpha value is -1.42. The van der Waals surface area contributed by atoms with Crippen LogP contribution in [-0.2, 0) is 0 Å². The predicted octanol–water partition coefficient (Wildman–Crippen LogP) is 2.35. The second-order valence-corrected chi connectivity index (χ2v) is 3.95. The third-order valence-electron chi connectivity index (χ3n) is 2.73. The van der Waals surface area contributed by atoms with Crippen molar-refractivity contribution in [3.8, 4) is 0 Å². The van der Waals surface area contributed by atoms with Gasteiger partial charge in [-0.05, 0) is 31.4 Å². The van der Waals surface area contributed by atoms with Gasteiger partial charge in [0.2, 0.25) is 0 Å². The monoisotopic (exact) mass is 208 g/mol. The summed E-state index contributed by atoms with van der Waals surface area (Å²) in [6.07, 6.45) is 0. The molecule has 4 nitrogen and oxygen atoms in total. The van der Waals surface area contributed by atoms with Crippen molar-refractivity contribution in [2.75, 3.05) is 0 Å². The van der Waals surface area contributed by atoms with Crippen LogP contribution in [0.15, 0.2) is 18.2 Å². The first-order chi connectivity index (χ1) is 6.93. The lowest BCUT2D eigenvalue weighted by Gasteiger charge is -2.16. The van der Waals surface area contributed by atoms with E-state index in [9.17, 15) is 10.1 Å². The van der Waals surface area contributed by atoms with Crippen LogP contribution in [0.5, 0.6) is 0 Å². The molecular formula is C11H16N2O2. The zero-order valence-electron chi connectivity index (χ0n) is 9.23. The molecule has 1 aromatic rings. The highest BCUT2D eigenvalue weighted by Crippen LogP contribution is 2.24. The maximum atomic E-state index is 10.6. The Kier molecular flexibility index (Phi) is 3.42. The van der Waals surface area contributed by atoms with Gasteiger partial charge in [-0.3, -0.25) is 10.1 Å². The first kappa shape index (κ1) is 11.7. The van der Waals surface area contributed by atoms with Crippen LogP contribution in [0.2, 0.25) is 0 Å². The molecule has 0 spiro atoms. The molecule has 2 atom stereocenters. The first-order valence-electron chi connectivity index (χ1n) is 4.94. The average Bonchev–Trinajstić information content (AvgIpc) is 2.15. The number of nitrogens with zero attached hydrogens (tertiary/aromatic N) is 1. The summed E-state index contributed by atoms with van der Waals surface area (Å²) in [5.41, 5.74) is 7.68. The van der Waals surface area contributed by atoms with E-state index in [-0.39, 0.29) is 22.6 Å². The lowest BCUT2D eigenvalue weighted by Crippen LogP contribution is -2.22. The molecule has 0 fully saturated rings. The fourth-order valence-corrected chi connectivity index (χ4v) is 1.47. The highest BCUT2D eigenvalue weighted by atomic mass is 16.6. The number of rotatable bonds is 3. The Balaban J connectivity index is 3.06. The number of hydrogen-bond acceptors (Lipinski definition) is 3. The zero-order valence-corrected chi connectivity index (χ0v) is 9.23. The molecule has 2 N–H and O–H groups in total. The van der Waals surface area contributed by atoms with Crippen LogP contribution < -0.4 is 5.73 Å². The topological polar surface area (TPSA) is 69.2 Å². The van der Waals surface area contributed by atoms with Crippen LogP contribution in [0.1, 0.15) is 30.9 Å². The summed E-state index contributed by atoms with van der Waals surface area (Å²) in [5, 5.41) is 10.6. The van der Waals surface area contributed by atoms with Crippen LogP contribution in [-0.4, -0.2) is 11.0 Å². The Bertz CT molecular complexity index is 375. The molecule has 4 heteroatoms. The Labute approximate surface area is 89.2 Å². The van der Waals surface area contributed by atoms with Crippen LogP contribution in [0.3, 0.4) is 0 Å². The molecule has 0 amide bonds. The van der Waals surface area contributed by atoms with Gasteiger partial charge in [-0.1, -0.05) is 13.0 Å². The summed E-state index contributed by atoms with van der Waals surface area (Å²) >= 11 is 0. The zero-order chi connectivity index (χ0) is 11.6. The number of nitro benzene ring substituents is 1. The van der Waals surface area contributed by atoms with E-state index in [2.05, 4.69) is 0 Å². The Morgan fingerprint density at radius 2 is 2.00 bits per heavy atom. The van der Waals surface area contributed by atoms with E-state index in [0.29, 0.717) is 5.56 Å². The van der Waals surface area contributed by atoms with E-state index in [0.717, 1.165) is 5.56 Å². The van der Waals surface area contributed by atoms with Gasteiger partial charge in [0, 0.05) is 17.7 Å². The number of aryl methyl sites for hydroxylation is 1. The molecular weight excluding hydrogens is 192 g/mol. The van der Waals surface area contributed by atoms with Crippen molar-refractivity contribution in [1.29, 1.82) is 0 Å². The van der Waals surface area contributed by atoms with Crippen molar-refractivity contribution < 1.29 is 4.92 Å². The van der Waals surface area contributed by atoms with Crippen LogP contribution >= 0.6 is 0 Å². The highest BCUT2D eigenvalue weighted by molar-refractivity contribution is 5.42. The third-order valence-corrected chi connectivity index (χ3v) is 2.73. The SMILES string of the molecule is Cc1cc(C(C)C(C)N)ccc1[N+](=O)[O-]. The minimum atomic E-state index is -0.365. The summed E-state index contributed by atoms with van der Waals surface area (Å²) in [4.78, 5) is 10.3. The minimum absolute atomic E-state index is 0.0471. The molecule has 1 aromatic carbocycles. The van der Waals surface area contributed by atoms with Gasteiger partial charge in [-0.15, -0.1) is 0 Å². The first-order valence-corrected chi connectivity index (χ1v) is 4.94. The molecule has 82 valence electrons. The van der Waals surface area contributed by atoms with Gasteiger partial charge >= 0.3 is 0 Å². The molecule has 1 rings (SSSR count). The van der Waals surface area contributed by atoms with Crippen molar-refractivity contribution in [2.24, 2.45) is 5.73 Å². The van der Waals surface area contributed by atoms with E-state index in [4.69, 9.17) is 5.73 Å². The van der Waals surface area contributed by atoms with E-state index < -0.39 is 0 Å². The molecule has 0 heterocycles. The minimum Gasteiger partial charge on any atom is -0.327 e. The number of benzene rings is 1. The molecule has 0 aromatic heterocycles. The Morgan fingerprint density at radius 1 is 1.40 bits per heavy atom. The van der Waals surface area contributed by atoms with Gasteiger partial charge in [0.15, 0.2) is 0 Å². The predicted molar refractivity (Wildman–Crippen MR) is 59.9 cm³/mol. The van der Waals surface area contributed by atoms with Gasteiger partial charge in [0.1, 0.15) is 0 Å². The van der Waals surface area contributed by atoms with Gasteiger partial charge in [-0.25, -0.2) is 0 Å². The van der Waals surface area contributed by atoms with Gasteiger partial charge in [-0.2, -0.15) is 0 Å². The van der Waals surface area contributed by atoms with E-state index in [1.807, 2.05) is 19.9 Å². The summed E-state index contributed by atoms with van der Waals surface area (Å²) < 4.78 is 0. The molecule has 0 aliphatic rings. The van der Waals surface area contributed by atoms with E-state index in [1.165, 1.54) is 0 Å². The van der Waals surface area contributed by atoms with Crippen LogP contribution in [0, 0.1) is 17.0 Å². The van der Waals surface area contributed by atoms with Crippen molar-refractivity contribution in [3.63, 3.8) is 0 Å². The number of nitrogens with two attached hydrogens (primary N) is 1. The summed E-state index contributed by atoms with van der Waals surface area (Å²) in [5.74, 6) is 0.213. The summed E-state index contributed by atoms with van der Waals surface area (Å²) in [7, 11) is 0. The third kappa shape index (κ3) is 2.53. The second kappa shape index (κ2) is 4.40. The molecule has 0 bridgehead atoms. The summed E-state index contributed by atoms with van der Waals surface area (Å²) in [6, 6.07) is 5.21.